The SMILES string of the molecule is COc1cc(-c2nc(-c3ccccc3)c(-c3ccccc3)n2-c2ccccc2)cc(C=O)c1O. The van der Waals surface area contributed by atoms with Crippen LogP contribution in [-0.2, 0) is 0 Å². The van der Waals surface area contributed by atoms with Crippen molar-refractivity contribution in [3.8, 4) is 51.1 Å². The number of nitrogens with zero attached hydrogens (tertiary/aromatic N) is 2. The number of methoxy groups -OCH3 is 1. The predicted octanol–water partition coefficient (Wildman–Crippen LogP) is 6.40. The number of hydrogen-bond donors (Lipinski definition) is 1. The van der Waals surface area contributed by atoms with E-state index in [-0.39, 0.29) is 17.1 Å². The highest BCUT2D eigenvalue weighted by Crippen LogP contribution is 2.41. The van der Waals surface area contributed by atoms with Crippen LogP contribution in [0.3, 0.4) is 0 Å². The predicted molar refractivity (Wildman–Crippen MR) is 133 cm³/mol. The Balaban J connectivity index is 1.90. The van der Waals surface area contributed by atoms with Gasteiger partial charge in [0.05, 0.1) is 24.1 Å². The van der Waals surface area contributed by atoms with Gasteiger partial charge >= 0.3 is 0 Å². The van der Waals surface area contributed by atoms with Crippen LogP contribution >= 0.6 is 0 Å². The maximum atomic E-state index is 11.7. The molecule has 1 aromatic heterocycles. The monoisotopic (exact) mass is 446 g/mol. The van der Waals surface area contributed by atoms with Crippen LogP contribution in [0.15, 0.2) is 103 Å². The lowest BCUT2D eigenvalue weighted by Crippen LogP contribution is -2.01. The van der Waals surface area contributed by atoms with E-state index in [2.05, 4.69) is 16.7 Å². The molecule has 5 rings (SSSR count). The molecular formula is C29H22N2O3. The normalized spacial score (nSPS) is 10.7. The molecule has 0 aliphatic heterocycles. The Morgan fingerprint density at radius 3 is 1.97 bits per heavy atom. The minimum absolute atomic E-state index is 0.138. The van der Waals surface area contributed by atoms with Crippen molar-refractivity contribution in [2.45, 2.75) is 0 Å². The first-order chi connectivity index (χ1) is 16.7. The van der Waals surface area contributed by atoms with Gasteiger partial charge in [-0.15, -0.1) is 0 Å². The lowest BCUT2D eigenvalue weighted by molar-refractivity contribution is 0.112. The van der Waals surface area contributed by atoms with Crippen LogP contribution in [0.25, 0.3) is 39.6 Å². The highest BCUT2D eigenvalue weighted by molar-refractivity contribution is 5.87. The van der Waals surface area contributed by atoms with Crippen molar-refractivity contribution in [3.05, 3.63) is 109 Å². The van der Waals surface area contributed by atoms with Gasteiger partial charge in [-0.2, -0.15) is 0 Å². The molecule has 0 fully saturated rings. The fraction of sp³-hybridized carbons (Fsp3) is 0.0345. The number of aldehydes is 1. The van der Waals surface area contributed by atoms with E-state index in [4.69, 9.17) is 9.72 Å². The first-order valence-electron chi connectivity index (χ1n) is 10.9. The van der Waals surface area contributed by atoms with E-state index >= 15 is 0 Å². The summed E-state index contributed by atoms with van der Waals surface area (Å²) in [5.74, 6) is 0.653. The Kier molecular flexibility index (Phi) is 5.67. The Labute approximate surface area is 197 Å². The third-order valence-corrected chi connectivity index (χ3v) is 5.70. The lowest BCUT2D eigenvalue weighted by Gasteiger charge is -2.15. The van der Waals surface area contributed by atoms with Crippen molar-refractivity contribution in [1.29, 1.82) is 0 Å². The molecule has 0 atom stereocenters. The molecule has 0 saturated carbocycles. The molecule has 0 unspecified atom stereocenters. The van der Waals surface area contributed by atoms with Crippen molar-refractivity contribution in [1.82, 2.24) is 9.55 Å². The molecule has 5 aromatic rings. The summed E-state index contributed by atoms with van der Waals surface area (Å²) in [5, 5.41) is 10.4. The van der Waals surface area contributed by atoms with Gasteiger partial charge in [0, 0.05) is 22.4 Å². The molecule has 1 N–H and O–H groups in total. The summed E-state index contributed by atoms with van der Waals surface area (Å²) in [5.41, 5.74) is 5.42. The molecule has 0 spiro atoms. The first kappa shape index (κ1) is 21.2. The highest BCUT2D eigenvalue weighted by Gasteiger charge is 2.23. The first-order valence-corrected chi connectivity index (χ1v) is 10.9. The number of para-hydroxylation sites is 1. The Bertz CT molecular complexity index is 1440. The molecule has 0 amide bonds. The van der Waals surface area contributed by atoms with Gasteiger partial charge in [-0.05, 0) is 24.3 Å². The molecule has 166 valence electrons. The summed E-state index contributed by atoms with van der Waals surface area (Å²) in [6, 6.07) is 33.4. The molecule has 34 heavy (non-hydrogen) atoms. The van der Waals surface area contributed by atoms with E-state index in [9.17, 15) is 9.90 Å². The maximum absolute atomic E-state index is 11.7. The minimum Gasteiger partial charge on any atom is -0.504 e. The Morgan fingerprint density at radius 2 is 1.38 bits per heavy atom. The number of phenols is 1. The van der Waals surface area contributed by atoms with Gasteiger partial charge in [-0.25, -0.2) is 4.98 Å². The van der Waals surface area contributed by atoms with Crippen molar-refractivity contribution in [2.75, 3.05) is 7.11 Å². The summed E-state index contributed by atoms with van der Waals surface area (Å²) in [6.07, 6.45) is 0.618. The third-order valence-electron chi connectivity index (χ3n) is 5.70. The Hall–Kier alpha value is -4.64. The molecule has 1 heterocycles. The summed E-state index contributed by atoms with van der Waals surface area (Å²) in [4.78, 5) is 16.8. The number of phenolic OH excluding ortho intramolecular Hbond substituents is 1. The summed E-state index contributed by atoms with van der Waals surface area (Å²) >= 11 is 0. The van der Waals surface area contributed by atoms with E-state index in [1.54, 1.807) is 12.1 Å². The van der Waals surface area contributed by atoms with E-state index in [1.165, 1.54) is 7.11 Å². The molecule has 5 nitrogen and oxygen atoms in total. The van der Waals surface area contributed by atoms with Crippen molar-refractivity contribution in [2.24, 2.45) is 0 Å². The molecular weight excluding hydrogens is 424 g/mol. The van der Waals surface area contributed by atoms with Gasteiger partial charge < -0.3 is 9.84 Å². The van der Waals surface area contributed by atoms with Crippen molar-refractivity contribution >= 4 is 6.29 Å². The molecule has 0 bridgehead atoms. The maximum Gasteiger partial charge on any atom is 0.168 e. The number of aromatic hydroxyl groups is 1. The second kappa shape index (κ2) is 9.08. The average molecular weight is 447 g/mol. The van der Waals surface area contributed by atoms with E-state index in [1.807, 2.05) is 78.9 Å². The van der Waals surface area contributed by atoms with Crippen LogP contribution in [0.2, 0.25) is 0 Å². The van der Waals surface area contributed by atoms with Gasteiger partial charge in [0.1, 0.15) is 5.82 Å². The number of imidazole rings is 1. The zero-order valence-corrected chi connectivity index (χ0v) is 18.6. The number of carbonyl (C=O) groups is 1. The Morgan fingerprint density at radius 1 is 0.794 bits per heavy atom. The minimum atomic E-state index is -0.189. The van der Waals surface area contributed by atoms with Crippen LogP contribution in [0.5, 0.6) is 11.5 Å². The van der Waals surface area contributed by atoms with E-state index in [0.29, 0.717) is 17.7 Å². The van der Waals surface area contributed by atoms with Gasteiger partial charge in [0.2, 0.25) is 0 Å². The number of ether oxygens (including phenoxy) is 1. The number of carbonyl (C=O) groups excluding carboxylic acids is 1. The summed E-state index contributed by atoms with van der Waals surface area (Å²) in [7, 11) is 1.46. The summed E-state index contributed by atoms with van der Waals surface area (Å²) < 4.78 is 7.44. The van der Waals surface area contributed by atoms with Crippen LogP contribution in [0.1, 0.15) is 10.4 Å². The highest BCUT2D eigenvalue weighted by atomic mass is 16.5. The number of aromatic nitrogens is 2. The standard InChI is InChI=1S/C29H22N2O3/c1-34-25-18-22(17-23(19-32)28(25)33)29-30-26(20-11-5-2-6-12-20)27(21-13-7-3-8-14-21)31(29)24-15-9-4-10-16-24/h2-19,33H,1H3. The molecule has 4 aromatic carbocycles. The van der Waals surface area contributed by atoms with Gasteiger partial charge in [0.25, 0.3) is 0 Å². The second-order valence-electron chi connectivity index (χ2n) is 7.77. The molecule has 0 aliphatic rings. The number of rotatable bonds is 6. The van der Waals surface area contributed by atoms with Crippen LogP contribution in [0, 0.1) is 0 Å². The molecule has 5 heteroatoms. The average Bonchev–Trinajstić information content (AvgIpc) is 3.31. The molecule has 0 saturated heterocycles. The zero-order valence-electron chi connectivity index (χ0n) is 18.6. The van der Waals surface area contributed by atoms with E-state index in [0.717, 1.165) is 28.2 Å². The van der Waals surface area contributed by atoms with Gasteiger partial charge in [0.15, 0.2) is 17.8 Å². The topological polar surface area (TPSA) is 64.4 Å². The van der Waals surface area contributed by atoms with Crippen LogP contribution in [0.4, 0.5) is 0 Å². The molecule has 0 aliphatic carbocycles. The summed E-state index contributed by atoms with van der Waals surface area (Å²) in [6.45, 7) is 0. The van der Waals surface area contributed by atoms with Crippen molar-refractivity contribution in [3.63, 3.8) is 0 Å². The third kappa shape index (κ3) is 3.73. The van der Waals surface area contributed by atoms with Crippen molar-refractivity contribution < 1.29 is 14.6 Å². The van der Waals surface area contributed by atoms with Gasteiger partial charge in [-0.3, -0.25) is 9.36 Å². The van der Waals surface area contributed by atoms with E-state index < -0.39 is 0 Å². The largest absolute Gasteiger partial charge is 0.504 e. The lowest BCUT2D eigenvalue weighted by atomic mass is 10.0. The van der Waals surface area contributed by atoms with Gasteiger partial charge in [-0.1, -0.05) is 78.9 Å². The zero-order chi connectivity index (χ0) is 23.5. The second-order valence-corrected chi connectivity index (χ2v) is 7.77. The van der Waals surface area contributed by atoms with Crippen LogP contribution in [-0.4, -0.2) is 28.1 Å². The smallest absolute Gasteiger partial charge is 0.168 e. The number of benzene rings is 4. The number of hydrogen-bond acceptors (Lipinski definition) is 4. The quantitative estimate of drug-likeness (QED) is 0.307. The fourth-order valence-electron chi connectivity index (χ4n) is 4.11. The van der Waals surface area contributed by atoms with Crippen LogP contribution < -0.4 is 4.74 Å². The fourth-order valence-corrected chi connectivity index (χ4v) is 4.11. The molecule has 0 radical (unpaired) electrons.